The molecular formula is C24H25N5OS. The standard InChI is InChI=1S/C24H25N5OS/c1-3-6-19(13-14-25)15-26-28-23(30)17-31-24-27-21-7-4-5-8-22(21)29(24)16-20-11-9-18(2)10-12-20/h3-15H,1,16-17,25H2,2H3,(H,28,30)/b14-13-,19-6+,26-15+. The summed E-state index contributed by atoms with van der Waals surface area (Å²) in [6.45, 7) is 6.39. The first kappa shape index (κ1) is 22.1. The lowest BCUT2D eigenvalue weighted by Gasteiger charge is -2.09. The molecule has 0 aliphatic rings. The molecule has 3 aromatic rings. The number of para-hydroxylation sites is 2. The quantitative estimate of drug-likeness (QED) is 0.230. The summed E-state index contributed by atoms with van der Waals surface area (Å²) in [5.74, 6) is -0.0215. The molecule has 1 heterocycles. The monoisotopic (exact) mass is 431 g/mol. The number of amides is 1. The summed E-state index contributed by atoms with van der Waals surface area (Å²) in [6, 6.07) is 16.4. The Morgan fingerprint density at radius 3 is 2.77 bits per heavy atom. The molecule has 158 valence electrons. The number of hydrogen-bond donors (Lipinski definition) is 2. The maximum atomic E-state index is 12.3. The Morgan fingerprint density at radius 2 is 2.03 bits per heavy atom. The molecule has 31 heavy (non-hydrogen) atoms. The number of imidazole rings is 1. The van der Waals surface area contributed by atoms with Crippen LogP contribution in [0.1, 0.15) is 11.1 Å². The zero-order valence-corrected chi connectivity index (χ0v) is 18.2. The lowest BCUT2D eigenvalue weighted by Crippen LogP contribution is -2.20. The molecule has 1 aromatic heterocycles. The predicted molar refractivity (Wildman–Crippen MR) is 129 cm³/mol. The van der Waals surface area contributed by atoms with Gasteiger partial charge >= 0.3 is 0 Å². The van der Waals surface area contributed by atoms with Gasteiger partial charge in [0.15, 0.2) is 5.16 Å². The van der Waals surface area contributed by atoms with Gasteiger partial charge in [-0.05, 0) is 42.5 Å². The van der Waals surface area contributed by atoms with Gasteiger partial charge < -0.3 is 10.3 Å². The van der Waals surface area contributed by atoms with Gasteiger partial charge in [0.1, 0.15) is 0 Å². The number of fused-ring (bicyclic) bond motifs is 1. The van der Waals surface area contributed by atoms with E-state index in [9.17, 15) is 4.79 Å². The van der Waals surface area contributed by atoms with Gasteiger partial charge in [0.05, 0.1) is 29.5 Å². The molecule has 0 aliphatic heterocycles. The van der Waals surface area contributed by atoms with Gasteiger partial charge in [-0.15, -0.1) is 0 Å². The van der Waals surface area contributed by atoms with Crippen LogP contribution in [0.3, 0.4) is 0 Å². The summed E-state index contributed by atoms with van der Waals surface area (Å²) in [5, 5.41) is 4.77. The van der Waals surface area contributed by atoms with E-state index in [-0.39, 0.29) is 11.7 Å². The highest BCUT2D eigenvalue weighted by Crippen LogP contribution is 2.25. The van der Waals surface area contributed by atoms with Crippen molar-refractivity contribution in [3.05, 3.63) is 96.2 Å². The van der Waals surface area contributed by atoms with Gasteiger partial charge in [0.25, 0.3) is 5.91 Å². The van der Waals surface area contributed by atoms with Crippen LogP contribution in [0.15, 0.2) is 95.4 Å². The Balaban J connectivity index is 1.71. The number of hydrazone groups is 1. The number of aryl methyl sites for hydroxylation is 1. The van der Waals surface area contributed by atoms with E-state index in [0.717, 1.165) is 21.8 Å². The van der Waals surface area contributed by atoms with Crippen molar-refractivity contribution in [1.82, 2.24) is 15.0 Å². The van der Waals surface area contributed by atoms with Crippen LogP contribution in [0.25, 0.3) is 11.0 Å². The van der Waals surface area contributed by atoms with Crippen LogP contribution in [-0.2, 0) is 11.3 Å². The maximum absolute atomic E-state index is 12.3. The van der Waals surface area contributed by atoms with Crippen LogP contribution >= 0.6 is 11.8 Å². The number of rotatable bonds is 9. The second-order valence-corrected chi connectivity index (χ2v) is 7.74. The van der Waals surface area contributed by atoms with Gasteiger partial charge in [0.2, 0.25) is 0 Å². The number of carbonyl (C=O) groups excluding carboxylic acids is 1. The zero-order chi connectivity index (χ0) is 22.1. The first-order valence-electron chi connectivity index (χ1n) is 9.77. The number of nitrogens with zero attached hydrogens (tertiary/aromatic N) is 3. The zero-order valence-electron chi connectivity index (χ0n) is 17.4. The molecule has 0 unspecified atom stereocenters. The van der Waals surface area contributed by atoms with E-state index >= 15 is 0 Å². The Morgan fingerprint density at radius 1 is 1.26 bits per heavy atom. The Hall–Kier alpha value is -3.58. The maximum Gasteiger partial charge on any atom is 0.250 e. The first-order chi connectivity index (χ1) is 15.1. The molecule has 0 radical (unpaired) electrons. The van der Waals surface area contributed by atoms with Crippen molar-refractivity contribution in [1.29, 1.82) is 0 Å². The molecule has 1 amide bonds. The second-order valence-electron chi connectivity index (χ2n) is 6.80. The van der Waals surface area contributed by atoms with Crippen LogP contribution in [0.2, 0.25) is 0 Å². The van der Waals surface area contributed by atoms with Crippen LogP contribution in [0, 0.1) is 6.92 Å². The average molecular weight is 432 g/mol. The second kappa shape index (κ2) is 11.0. The minimum Gasteiger partial charge on any atom is -0.405 e. The fourth-order valence-corrected chi connectivity index (χ4v) is 3.73. The number of hydrogen-bond acceptors (Lipinski definition) is 5. The van der Waals surface area contributed by atoms with Crippen molar-refractivity contribution >= 4 is 34.9 Å². The number of carbonyl (C=O) groups is 1. The van der Waals surface area contributed by atoms with E-state index in [4.69, 9.17) is 10.7 Å². The molecule has 0 bridgehead atoms. The van der Waals surface area contributed by atoms with E-state index in [1.807, 2.05) is 24.3 Å². The molecule has 6 nitrogen and oxygen atoms in total. The molecule has 0 saturated heterocycles. The lowest BCUT2D eigenvalue weighted by molar-refractivity contribution is -0.118. The van der Waals surface area contributed by atoms with E-state index in [1.54, 1.807) is 18.2 Å². The van der Waals surface area contributed by atoms with E-state index in [0.29, 0.717) is 6.54 Å². The molecule has 0 spiro atoms. The summed E-state index contributed by atoms with van der Waals surface area (Å²) in [7, 11) is 0. The van der Waals surface area contributed by atoms with Crippen molar-refractivity contribution < 1.29 is 4.79 Å². The van der Waals surface area contributed by atoms with Crippen molar-refractivity contribution in [2.45, 2.75) is 18.6 Å². The topological polar surface area (TPSA) is 85.3 Å². The number of nitrogens with two attached hydrogens (primary N) is 1. The van der Waals surface area contributed by atoms with Gasteiger partial charge in [-0.2, -0.15) is 5.10 Å². The highest BCUT2D eigenvalue weighted by Gasteiger charge is 2.13. The molecule has 7 heteroatoms. The van der Waals surface area contributed by atoms with Crippen molar-refractivity contribution in [2.24, 2.45) is 10.8 Å². The number of aromatic nitrogens is 2. The molecule has 0 saturated carbocycles. The fourth-order valence-electron chi connectivity index (χ4n) is 2.92. The minimum atomic E-state index is -0.218. The predicted octanol–water partition coefficient (Wildman–Crippen LogP) is 4.17. The van der Waals surface area contributed by atoms with Gasteiger partial charge in [-0.25, -0.2) is 10.4 Å². The average Bonchev–Trinajstić information content (AvgIpc) is 3.11. The molecular weight excluding hydrogens is 406 g/mol. The molecule has 3 N–H and O–H groups in total. The van der Waals surface area contributed by atoms with Crippen molar-refractivity contribution in [2.75, 3.05) is 5.75 Å². The van der Waals surface area contributed by atoms with Crippen LogP contribution in [-0.4, -0.2) is 27.4 Å². The summed E-state index contributed by atoms with van der Waals surface area (Å²) in [4.78, 5) is 17.0. The third-order valence-electron chi connectivity index (χ3n) is 4.42. The highest BCUT2D eigenvalue weighted by molar-refractivity contribution is 7.99. The van der Waals surface area contributed by atoms with E-state index in [2.05, 4.69) is 52.9 Å². The number of allylic oxidation sites excluding steroid dienone is 4. The van der Waals surface area contributed by atoms with Crippen LogP contribution in [0.5, 0.6) is 0 Å². The molecule has 0 atom stereocenters. The first-order valence-corrected chi connectivity index (χ1v) is 10.8. The smallest absolute Gasteiger partial charge is 0.250 e. The minimum absolute atomic E-state index is 0.196. The van der Waals surface area contributed by atoms with Gasteiger partial charge in [-0.1, -0.05) is 72.5 Å². The number of nitrogens with one attached hydrogen (secondary N) is 1. The summed E-state index contributed by atoms with van der Waals surface area (Å²) in [5.41, 5.74) is 13.0. The summed E-state index contributed by atoms with van der Waals surface area (Å²) in [6.07, 6.45) is 7.94. The van der Waals surface area contributed by atoms with Gasteiger partial charge in [0, 0.05) is 0 Å². The largest absolute Gasteiger partial charge is 0.405 e. The van der Waals surface area contributed by atoms with Crippen molar-refractivity contribution in [3.63, 3.8) is 0 Å². The third-order valence-corrected chi connectivity index (χ3v) is 5.39. The van der Waals surface area contributed by atoms with Crippen LogP contribution in [0.4, 0.5) is 0 Å². The Labute approximate surface area is 186 Å². The number of thioether (sulfide) groups is 1. The Kier molecular flexibility index (Phi) is 7.84. The molecule has 0 aliphatic carbocycles. The Bertz CT molecular complexity index is 1140. The van der Waals surface area contributed by atoms with E-state index < -0.39 is 0 Å². The lowest BCUT2D eigenvalue weighted by atomic mass is 10.1. The van der Waals surface area contributed by atoms with E-state index in [1.165, 1.54) is 35.3 Å². The molecule has 0 fully saturated rings. The summed E-state index contributed by atoms with van der Waals surface area (Å²) >= 11 is 1.38. The molecule has 2 aromatic carbocycles. The highest BCUT2D eigenvalue weighted by atomic mass is 32.2. The summed E-state index contributed by atoms with van der Waals surface area (Å²) < 4.78 is 2.14. The fraction of sp³-hybridized carbons (Fsp3) is 0.125. The molecule has 3 rings (SSSR count). The third kappa shape index (κ3) is 6.20. The SMILES string of the molecule is C=C/C=C(\C=C/N)/C=N/NC(=O)CSc1nc2ccccc2n1Cc1ccc(C)cc1. The van der Waals surface area contributed by atoms with Gasteiger partial charge in [-0.3, -0.25) is 4.79 Å². The number of benzene rings is 2. The van der Waals surface area contributed by atoms with Crippen molar-refractivity contribution in [3.8, 4) is 0 Å². The normalized spacial score (nSPS) is 12.1. The van der Waals surface area contributed by atoms with Crippen LogP contribution < -0.4 is 11.2 Å².